The fraction of sp³-hybridized carbons (Fsp3) is 0.182. The number of likely N-dealkylation sites (N-methyl/N-ethyl adjacent to an activating group) is 1. The molecule has 1 atom stereocenters. The lowest BCUT2D eigenvalue weighted by Crippen LogP contribution is -2.50. The fourth-order valence-electron chi connectivity index (χ4n) is 3.47. The quantitative estimate of drug-likeness (QED) is 0.279. The number of benzene rings is 2. The smallest absolute Gasteiger partial charge is 0.269 e. The third-order valence-corrected chi connectivity index (χ3v) is 5.11. The number of carbonyl (C=O) groups is 2. The largest absolute Gasteiger partial charge is 0.489 e. The summed E-state index contributed by atoms with van der Waals surface area (Å²) in [4.78, 5) is 30.1. The van der Waals surface area contributed by atoms with E-state index < -0.39 is 11.9 Å². The van der Waals surface area contributed by atoms with Gasteiger partial charge in [-0.1, -0.05) is 30.3 Å². The SMILES string of the molecule is CN1C(=O)C(NC(=O)/C(N)=C/N(N)Cc2ccccc2)COc2cc3[nH]ccc3cc21. The van der Waals surface area contributed by atoms with Gasteiger partial charge in [0, 0.05) is 36.4 Å². The van der Waals surface area contributed by atoms with E-state index in [0.717, 1.165) is 16.5 Å². The second kappa shape index (κ2) is 8.41. The number of hydrogen-bond donors (Lipinski definition) is 4. The van der Waals surface area contributed by atoms with Crippen molar-refractivity contribution >= 4 is 28.4 Å². The molecule has 2 heterocycles. The molecule has 1 unspecified atom stereocenters. The number of hydrazine groups is 1. The lowest BCUT2D eigenvalue weighted by Gasteiger charge is -2.21. The van der Waals surface area contributed by atoms with E-state index in [-0.39, 0.29) is 18.2 Å². The highest BCUT2D eigenvalue weighted by atomic mass is 16.5. The highest BCUT2D eigenvalue weighted by Gasteiger charge is 2.31. The van der Waals surface area contributed by atoms with Crippen LogP contribution in [0.3, 0.4) is 0 Å². The fourth-order valence-corrected chi connectivity index (χ4v) is 3.47. The third-order valence-electron chi connectivity index (χ3n) is 5.11. The first-order valence-electron chi connectivity index (χ1n) is 9.77. The molecule has 9 nitrogen and oxygen atoms in total. The first-order chi connectivity index (χ1) is 14.9. The second-order valence-corrected chi connectivity index (χ2v) is 7.36. The topological polar surface area (TPSA) is 130 Å². The third kappa shape index (κ3) is 4.31. The van der Waals surface area contributed by atoms with Gasteiger partial charge in [0.25, 0.3) is 11.8 Å². The van der Waals surface area contributed by atoms with Crippen LogP contribution < -0.4 is 26.5 Å². The van der Waals surface area contributed by atoms with Crippen LogP contribution in [0.25, 0.3) is 10.9 Å². The minimum atomic E-state index is -0.893. The molecule has 9 heteroatoms. The summed E-state index contributed by atoms with van der Waals surface area (Å²) in [6, 6.07) is 14.3. The molecule has 0 saturated heterocycles. The van der Waals surface area contributed by atoms with Crippen LogP contribution in [-0.4, -0.2) is 41.5 Å². The van der Waals surface area contributed by atoms with E-state index in [1.54, 1.807) is 7.05 Å². The Bertz CT molecular complexity index is 1140. The van der Waals surface area contributed by atoms with Crippen LogP contribution in [0.5, 0.6) is 5.75 Å². The number of nitrogens with zero attached hydrogens (tertiary/aromatic N) is 2. The summed E-state index contributed by atoms with van der Waals surface area (Å²) in [5.74, 6) is 5.60. The molecule has 4 rings (SSSR count). The maximum absolute atomic E-state index is 12.9. The van der Waals surface area contributed by atoms with Crippen molar-refractivity contribution in [3.8, 4) is 5.75 Å². The van der Waals surface area contributed by atoms with Crippen molar-refractivity contribution in [3.05, 3.63) is 72.2 Å². The Hall–Kier alpha value is -3.98. The zero-order chi connectivity index (χ0) is 22.0. The predicted octanol–water partition coefficient (Wildman–Crippen LogP) is 1.18. The van der Waals surface area contributed by atoms with Crippen molar-refractivity contribution in [1.29, 1.82) is 0 Å². The molecule has 1 aliphatic rings. The number of rotatable bonds is 5. The standard InChI is InChI=1S/C22H24N6O3/c1-27-19-9-15-7-8-25-17(15)10-20(19)31-13-18(22(27)30)26-21(29)16(23)12-28(24)11-14-5-3-2-4-6-14/h2-10,12,18,25H,11,13,23-24H2,1H3,(H,26,29)/b16-12-. The van der Waals surface area contributed by atoms with Gasteiger partial charge in [-0.05, 0) is 17.7 Å². The maximum atomic E-state index is 12.9. The zero-order valence-electron chi connectivity index (χ0n) is 17.0. The number of H-pyrrole nitrogens is 1. The number of aromatic amines is 1. The summed E-state index contributed by atoms with van der Waals surface area (Å²) in [7, 11) is 1.65. The highest BCUT2D eigenvalue weighted by Crippen LogP contribution is 2.34. The van der Waals surface area contributed by atoms with Gasteiger partial charge in [0.05, 0.1) is 12.2 Å². The van der Waals surface area contributed by atoms with Crippen LogP contribution in [0.1, 0.15) is 5.56 Å². The Labute approximate surface area is 179 Å². The number of nitrogens with two attached hydrogens (primary N) is 2. The Morgan fingerprint density at radius 3 is 2.87 bits per heavy atom. The van der Waals surface area contributed by atoms with E-state index >= 15 is 0 Å². The van der Waals surface area contributed by atoms with E-state index in [1.807, 2.05) is 54.7 Å². The Kier molecular flexibility index (Phi) is 5.50. The van der Waals surface area contributed by atoms with Gasteiger partial charge in [-0.15, -0.1) is 0 Å². The number of carbonyl (C=O) groups excluding carboxylic acids is 2. The first-order valence-corrected chi connectivity index (χ1v) is 9.77. The molecule has 0 bridgehead atoms. The molecule has 6 N–H and O–H groups in total. The summed E-state index contributed by atoms with van der Waals surface area (Å²) < 4.78 is 5.83. The second-order valence-electron chi connectivity index (χ2n) is 7.36. The van der Waals surface area contributed by atoms with Crippen molar-refractivity contribution in [3.63, 3.8) is 0 Å². The van der Waals surface area contributed by atoms with Crippen LogP contribution in [0.15, 0.2) is 66.6 Å². The molecule has 0 radical (unpaired) electrons. The molecule has 0 saturated carbocycles. The van der Waals surface area contributed by atoms with Crippen molar-refractivity contribution in [2.75, 3.05) is 18.6 Å². The van der Waals surface area contributed by atoms with Crippen LogP contribution in [0.4, 0.5) is 5.69 Å². The molecular formula is C22H24N6O3. The van der Waals surface area contributed by atoms with E-state index in [1.165, 1.54) is 16.1 Å². The molecule has 31 heavy (non-hydrogen) atoms. The van der Waals surface area contributed by atoms with E-state index in [2.05, 4.69) is 10.3 Å². The maximum Gasteiger partial charge on any atom is 0.269 e. The Balaban J connectivity index is 1.44. The summed E-state index contributed by atoms with van der Waals surface area (Å²) in [5.41, 5.74) is 8.30. The number of nitrogens with one attached hydrogen (secondary N) is 2. The molecule has 1 aliphatic heterocycles. The monoisotopic (exact) mass is 420 g/mol. The molecule has 0 spiro atoms. The Morgan fingerprint density at radius 2 is 2.10 bits per heavy atom. The van der Waals surface area contributed by atoms with Gasteiger partial charge < -0.3 is 30.7 Å². The average molecular weight is 420 g/mol. The summed E-state index contributed by atoms with van der Waals surface area (Å²) in [5, 5.41) is 4.92. The molecule has 0 aliphatic carbocycles. The van der Waals surface area contributed by atoms with Crippen molar-refractivity contribution in [2.45, 2.75) is 12.6 Å². The number of anilines is 1. The van der Waals surface area contributed by atoms with Gasteiger partial charge in [0.15, 0.2) is 0 Å². The molecule has 0 fully saturated rings. The molecule has 3 aromatic rings. The van der Waals surface area contributed by atoms with Gasteiger partial charge in [0.1, 0.15) is 24.1 Å². The Morgan fingerprint density at radius 1 is 1.32 bits per heavy atom. The van der Waals surface area contributed by atoms with Crippen LogP contribution in [0, 0.1) is 0 Å². The molecule has 1 aromatic heterocycles. The van der Waals surface area contributed by atoms with Crippen molar-refractivity contribution < 1.29 is 14.3 Å². The number of fused-ring (bicyclic) bond motifs is 2. The molecule has 160 valence electrons. The van der Waals surface area contributed by atoms with Crippen molar-refractivity contribution in [2.24, 2.45) is 11.6 Å². The summed E-state index contributed by atoms with van der Waals surface area (Å²) in [6.45, 7) is 0.364. The van der Waals surface area contributed by atoms with Gasteiger partial charge in [0.2, 0.25) is 0 Å². The van der Waals surface area contributed by atoms with E-state index in [4.69, 9.17) is 16.3 Å². The zero-order valence-corrected chi connectivity index (χ0v) is 17.0. The van der Waals surface area contributed by atoms with Gasteiger partial charge >= 0.3 is 0 Å². The number of amides is 2. The van der Waals surface area contributed by atoms with Crippen LogP contribution in [0.2, 0.25) is 0 Å². The summed E-state index contributed by atoms with van der Waals surface area (Å²) >= 11 is 0. The average Bonchev–Trinajstić information content (AvgIpc) is 3.18. The summed E-state index contributed by atoms with van der Waals surface area (Å²) in [6.07, 6.45) is 3.16. The van der Waals surface area contributed by atoms with Gasteiger partial charge in [-0.3, -0.25) is 9.59 Å². The van der Waals surface area contributed by atoms with E-state index in [9.17, 15) is 9.59 Å². The highest BCUT2D eigenvalue weighted by molar-refractivity contribution is 6.04. The van der Waals surface area contributed by atoms with Gasteiger partial charge in [-0.25, -0.2) is 5.84 Å². The minimum absolute atomic E-state index is 0.0161. The molecule has 2 aromatic carbocycles. The van der Waals surface area contributed by atoms with Gasteiger partial charge in [-0.2, -0.15) is 0 Å². The molecule has 2 amide bonds. The van der Waals surface area contributed by atoms with Crippen LogP contribution in [-0.2, 0) is 16.1 Å². The normalized spacial score (nSPS) is 16.5. The minimum Gasteiger partial charge on any atom is -0.489 e. The lowest BCUT2D eigenvalue weighted by molar-refractivity contribution is -0.126. The van der Waals surface area contributed by atoms with Crippen LogP contribution >= 0.6 is 0 Å². The van der Waals surface area contributed by atoms with Crippen molar-refractivity contribution in [1.82, 2.24) is 15.3 Å². The predicted molar refractivity (Wildman–Crippen MR) is 118 cm³/mol. The lowest BCUT2D eigenvalue weighted by atomic mass is 10.2. The number of aromatic nitrogens is 1. The molecular weight excluding hydrogens is 396 g/mol. The number of hydrogen-bond acceptors (Lipinski definition) is 6. The number of ether oxygens (including phenoxy) is 1. The first kappa shape index (κ1) is 20.3. The van der Waals surface area contributed by atoms with E-state index in [0.29, 0.717) is 18.0 Å².